The lowest BCUT2D eigenvalue weighted by atomic mass is 10.1. The van der Waals surface area contributed by atoms with Crippen LogP contribution in [0.3, 0.4) is 0 Å². The van der Waals surface area contributed by atoms with Crippen LogP contribution in [0.4, 0.5) is 4.39 Å². The molecule has 2 aromatic carbocycles. The zero-order chi connectivity index (χ0) is 15.5. The van der Waals surface area contributed by atoms with Crippen LogP contribution in [0.2, 0.25) is 0 Å². The molecule has 3 rings (SSSR count). The van der Waals surface area contributed by atoms with E-state index in [1.165, 1.54) is 11.6 Å². The van der Waals surface area contributed by atoms with Gasteiger partial charge in [0.05, 0.1) is 7.11 Å². The summed E-state index contributed by atoms with van der Waals surface area (Å²) in [6.45, 7) is 3.12. The minimum Gasteiger partial charge on any atom is -0.497 e. The largest absolute Gasteiger partial charge is 0.497 e. The number of ether oxygens (including phenoxy) is 1. The molecule has 3 heteroatoms. The third kappa shape index (κ3) is 3.47. The maximum absolute atomic E-state index is 13.3. The lowest BCUT2D eigenvalue weighted by Gasteiger charge is -2.15. The molecule has 1 aliphatic carbocycles. The van der Waals surface area contributed by atoms with Gasteiger partial charge in [-0.25, -0.2) is 4.39 Å². The standard InChI is InChI=1S/C19H22FNO/c1-13(14-5-4-8-18(10-14)22-2)21-12-16-11-19(16)15-6-3-7-17(20)9-15/h3-10,13,16,19,21H,11-12H2,1-2H3. The van der Waals surface area contributed by atoms with Gasteiger partial charge in [-0.2, -0.15) is 0 Å². The fraction of sp³-hybridized carbons (Fsp3) is 0.368. The Morgan fingerprint density at radius 1 is 1.23 bits per heavy atom. The molecule has 0 aromatic heterocycles. The van der Waals surface area contributed by atoms with Crippen molar-refractivity contribution in [3.63, 3.8) is 0 Å². The number of methoxy groups -OCH3 is 1. The fourth-order valence-electron chi connectivity index (χ4n) is 2.98. The van der Waals surface area contributed by atoms with Crippen LogP contribution in [0.25, 0.3) is 0 Å². The van der Waals surface area contributed by atoms with Crippen molar-refractivity contribution >= 4 is 0 Å². The molecule has 3 unspecified atom stereocenters. The normalized spacial score (nSPS) is 21.4. The summed E-state index contributed by atoms with van der Waals surface area (Å²) in [6.07, 6.45) is 1.14. The molecule has 3 atom stereocenters. The first-order chi connectivity index (χ1) is 10.7. The van der Waals surface area contributed by atoms with Gasteiger partial charge in [-0.1, -0.05) is 24.3 Å². The summed E-state index contributed by atoms with van der Waals surface area (Å²) >= 11 is 0. The number of benzene rings is 2. The van der Waals surface area contributed by atoms with E-state index in [1.54, 1.807) is 19.2 Å². The molecule has 1 aliphatic rings. The van der Waals surface area contributed by atoms with Crippen molar-refractivity contribution in [3.05, 3.63) is 65.5 Å². The molecule has 2 nitrogen and oxygen atoms in total. The molecule has 116 valence electrons. The van der Waals surface area contributed by atoms with Gasteiger partial charge in [0.25, 0.3) is 0 Å². The molecule has 0 saturated heterocycles. The quantitative estimate of drug-likeness (QED) is 0.859. The first-order valence-corrected chi connectivity index (χ1v) is 7.80. The van der Waals surface area contributed by atoms with E-state index in [1.807, 2.05) is 18.2 Å². The first-order valence-electron chi connectivity index (χ1n) is 7.80. The number of hydrogen-bond acceptors (Lipinski definition) is 2. The van der Waals surface area contributed by atoms with E-state index in [0.29, 0.717) is 11.8 Å². The Morgan fingerprint density at radius 3 is 2.82 bits per heavy atom. The molecule has 22 heavy (non-hydrogen) atoms. The summed E-state index contributed by atoms with van der Waals surface area (Å²) in [5.41, 5.74) is 2.35. The predicted molar refractivity (Wildman–Crippen MR) is 86.7 cm³/mol. The highest BCUT2D eigenvalue weighted by molar-refractivity contribution is 5.30. The van der Waals surface area contributed by atoms with Crippen LogP contribution in [-0.2, 0) is 0 Å². The van der Waals surface area contributed by atoms with Gasteiger partial charge < -0.3 is 10.1 Å². The van der Waals surface area contributed by atoms with Crippen molar-refractivity contribution in [1.82, 2.24) is 5.32 Å². The SMILES string of the molecule is COc1cccc(C(C)NCC2CC2c2cccc(F)c2)c1. The van der Waals surface area contributed by atoms with Crippen LogP contribution in [0.5, 0.6) is 5.75 Å². The average Bonchev–Trinajstić information content (AvgIpc) is 3.32. The number of rotatable bonds is 6. The van der Waals surface area contributed by atoms with E-state index in [2.05, 4.69) is 24.4 Å². The van der Waals surface area contributed by atoms with E-state index >= 15 is 0 Å². The van der Waals surface area contributed by atoms with Crippen LogP contribution in [-0.4, -0.2) is 13.7 Å². The molecular weight excluding hydrogens is 277 g/mol. The maximum atomic E-state index is 13.3. The zero-order valence-corrected chi connectivity index (χ0v) is 13.1. The monoisotopic (exact) mass is 299 g/mol. The molecule has 1 N–H and O–H groups in total. The van der Waals surface area contributed by atoms with Gasteiger partial charge in [0.15, 0.2) is 0 Å². The molecule has 1 fully saturated rings. The van der Waals surface area contributed by atoms with Crippen LogP contribution >= 0.6 is 0 Å². The summed E-state index contributed by atoms with van der Waals surface area (Å²) < 4.78 is 18.5. The van der Waals surface area contributed by atoms with E-state index in [0.717, 1.165) is 24.3 Å². The van der Waals surface area contributed by atoms with Crippen molar-refractivity contribution in [2.24, 2.45) is 5.92 Å². The topological polar surface area (TPSA) is 21.3 Å². The van der Waals surface area contributed by atoms with Crippen LogP contribution in [0.15, 0.2) is 48.5 Å². The Bertz CT molecular complexity index is 643. The molecule has 1 saturated carbocycles. The minimum absolute atomic E-state index is 0.138. The van der Waals surface area contributed by atoms with E-state index in [-0.39, 0.29) is 11.9 Å². The lowest BCUT2D eigenvalue weighted by molar-refractivity contribution is 0.413. The highest BCUT2D eigenvalue weighted by Gasteiger charge is 2.38. The van der Waals surface area contributed by atoms with Crippen molar-refractivity contribution in [2.45, 2.75) is 25.3 Å². The third-order valence-electron chi connectivity index (χ3n) is 4.48. The van der Waals surface area contributed by atoms with Gasteiger partial charge in [-0.15, -0.1) is 0 Å². The smallest absolute Gasteiger partial charge is 0.123 e. The van der Waals surface area contributed by atoms with Crippen molar-refractivity contribution in [2.75, 3.05) is 13.7 Å². The van der Waals surface area contributed by atoms with Crippen LogP contribution in [0.1, 0.15) is 36.4 Å². The van der Waals surface area contributed by atoms with E-state index in [9.17, 15) is 4.39 Å². The summed E-state index contributed by atoms with van der Waals surface area (Å²) in [7, 11) is 1.69. The second-order valence-corrected chi connectivity index (χ2v) is 6.06. The number of hydrogen-bond donors (Lipinski definition) is 1. The highest BCUT2D eigenvalue weighted by atomic mass is 19.1. The van der Waals surface area contributed by atoms with Gasteiger partial charge in [-0.05, 0) is 67.1 Å². The molecule has 0 spiro atoms. The van der Waals surface area contributed by atoms with Crippen LogP contribution in [0, 0.1) is 11.7 Å². The minimum atomic E-state index is -0.138. The molecule has 0 heterocycles. The number of halogens is 1. The van der Waals surface area contributed by atoms with Crippen molar-refractivity contribution < 1.29 is 9.13 Å². The molecule has 0 aliphatic heterocycles. The fourth-order valence-corrected chi connectivity index (χ4v) is 2.98. The van der Waals surface area contributed by atoms with Crippen LogP contribution < -0.4 is 10.1 Å². The second kappa shape index (κ2) is 6.49. The Hall–Kier alpha value is -1.87. The maximum Gasteiger partial charge on any atom is 0.123 e. The molecular formula is C19H22FNO. The molecule has 0 amide bonds. The summed E-state index contributed by atoms with van der Waals surface area (Å²) in [4.78, 5) is 0. The Kier molecular flexibility index (Phi) is 4.44. The Morgan fingerprint density at radius 2 is 2.05 bits per heavy atom. The van der Waals surface area contributed by atoms with Crippen molar-refractivity contribution in [1.29, 1.82) is 0 Å². The highest BCUT2D eigenvalue weighted by Crippen LogP contribution is 2.47. The first kappa shape index (κ1) is 15.0. The second-order valence-electron chi connectivity index (χ2n) is 6.06. The van der Waals surface area contributed by atoms with Gasteiger partial charge >= 0.3 is 0 Å². The summed E-state index contributed by atoms with van der Waals surface area (Å²) in [6, 6.07) is 15.4. The third-order valence-corrected chi connectivity index (χ3v) is 4.48. The zero-order valence-electron chi connectivity index (χ0n) is 13.1. The van der Waals surface area contributed by atoms with Gasteiger partial charge in [0.1, 0.15) is 11.6 Å². The van der Waals surface area contributed by atoms with Gasteiger partial charge in [0.2, 0.25) is 0 Å². The Labute approximate surface area is 131 Å². The van der Waals surface area contributed by atoms with Gasteiger partial charge in [-0.3, -0.25) is 0 Å². The van der Waals surface area contributed by atoms with Gasteiger partial charge in [0, 0.05) is 6.04 Å². The van der Waals surface area contributed by atoms with E-state index in [4.69, 9.17) is 4.74 Å². The Balaban J connectivity index is 1.53. The van der Waals surface area contributed by atoms with E-state index < -0.39 is 0 Å². The molecule has 0 radical (unpaired) electrons. The lowest BCUT2D eigenvalue weighted by Crippen LogP contribution is -2.21. The number of nitrogens with one attached hydrogen (secondary N) is 1. The van der Waals surface area contributed by atoms with Crippen molar-refractivity contribution in [3.8, 4) is 5.75 Å². The molecule has 2 aromatic rings. The predicted octanol–water partition coefficient (Wildman–Crippen LogP) is 4.29. The molecule has 0 bridgehead atoms. The summed E-state index contributed by atoms with van der Waals surface area (Å²) in [5, 5.41) is 3.58. The summed E-state index contributed by atoms with van der Waals surface area (Å²) in [5.74, 6) is 1.85. The average molecular weight is 299 g/mol.